The van der Waals surface area contributed by atoms with Gasteiger partial charge >= 0.3 is 6.09 Å². The molecule has 5 heteroatoms. The zero-order valence-electron chi connectivity index (χ0n) is 9.05. The summed E-state index contributed by atoms with van der Waals surface area (Å²) in [5.41, 5.74) is 0.923. The van der Waals surface area contributed by atoms with Crippen molar-refractivity contribution in [1.82, 2.24) is 15.3 Å². The first-order chi connectivity index (χ1) is 8.20. The van der Waals surface area contributed by atoms with Crippen molar-refractivity contribution < 1.29 is 9.90 Å². The first-order valence-corrected chi connectivity index (χ1v) is 5.43. The fourth-order valence-corrected chi connectivity index (χ4v) is 1.99. The number of nitrogens with zero attached hydrogens (tertiary/aromatic N) is 2. The molecule has 2 N–H and O–H groups in total. The van der Waals surface area contributed by atoms with Crippen molar-refractivity contribution in [3.63, 3.8) is 0 Å². The van der Waals surface area contributed by atoms with Gasteiger partial charge in [-0.2, -0.15) is 0 Å². The van der Waals surface area contributed by atoms with Gasteiger partial charge in [-0.15, -0.1) is 0 Å². The van der Waals surface area contributed by atoms with E-state index in [0.717, 1.165) is 23.9 Å². The Labute approximate surface area is 97.5 Å². The Kier molecular flexibility index (Phi) is 2.01. The summed E-state index contributed by atoms with van der Waals surface area (Å²) in [6, 6.07) is 7.58. The number of hydrogen-bond donors (Lipinski definition) is 2. The van der Waals surface area contributed by atoms with E-state index in [9.17, 15) is 4.79 Å². The van der Waals surface area contributed by atoms with Crippen molar-refractivity contribution in [1.29, 1.82) is 0 Å². The summed E-state index contributed by atoms with van der Waals surface area (Å²) in [5, 5.41) is 12.3. The van der Waals surface area contributed by atoms with E-state index in [1.54, 1.807) is 6.20 Å². The Balaban J connectivity index is 2.03. The Morgan fingerprint density at radius 2 is 2.18 bits per heavy atom. The first-order valence-electron chi connectivity index (χ1n) is 5.43. The number of fused-ring (bicyclic) bond motifs is 1. The molecule has 17 heavy (non-hydrogen) atoms. The van der Waals surface area contributed by atoms with Gasteiger partial charge in [0.05, 0.1) is 11.2 Å². The molecule has 2 aromatic heterocycles. The minimum absolute atomic E-state index is 0.489. The smallest absolute Gasteiger partial charge is 0.405 e. The van der Waals surface area contributed by atoms with Gasteiger partial charge in [-0.3, -0.25) is 0 Å². The molecule has 0 saturated heterocycles. The van der Waals surface area contributed by atoms with Crippen molar-refractivity contribution in [2.45, 2.75) is 18.4 Å². The van der Waals surface area contributed by atoms with Crippen molar-refractivity contribution in [2.75, 3.05) is 0 Å². The van der Waals surface area contributed by atoms with Crippen LogP contribution in [0.15, 0.2) is 30.5 Å². The number of carboxylic acid groups (broad SMARTS) is 1. The SMILES string of the molecule is O=C(O)NC1(c2ccc3cccnc3n2)CC1. The van der Waals surface area contributed by atoms with E-state index < -0.39 is 11.6 Å². The van der Waals surface area contributed by atoms with Crippen LogP contribution >= 0.6 is 0 Å². The molecule has 0 bridgehead atoms. The lowest BCUT2D eigenvalue weighted by molar-refractivity contribution is 0.188. The lowest BCUT2D eigenvalue weighted by atomic mass is 10.1. The van der Waals surface area contributed by atoms with Gasteiger partial charge in [0.15, 0.2) is 5.65 Å². The van der Waals surface area contributed by atoms with Crippen LogP contribution < -0.4 is 5.32 Å². The summed E-state index contributed by atoms with van der Waals surface area (Å²) in [6.45, 7) is 0. The summed E-state index contributed by atoms with van der Waals surface area (Å²) < 4.78 is 0. The highest BCUT2D eigenvalue weighted by Gasteiger charge is 2.47. The first kappa shape index (κ1) is 10.0. The second-order valence-corrected chi connectivity index (χ2v) is 4.26. The number of amides is 1. The maximum absolute atomic E-state index is 10.7. The van der Waals surface area contributed by atoms with Gasteiger partial charge in [0.2, 0.25) is 0 Å². The molecule has 0 unspecified atom stereocenters. The van der Waals surface area contributed by atoms with Gasteiger partial charge < -0.3 is 10.4 Å². The Morgan fingerprint density at radius 1 is 1.35 bits per heavy atom. The number of rotatable bonds is 2. The highest BCUT2D eigenvalue weighted by molar-refractivity contribution is 5.75. The van der Waals surface area contributed by atoms with Crippen LogP contribution in [0.1, 0.15) is 18.5 Å². The summed E-state index contributed by atoms with van der Waals surface area (Å²) >= 11 is 0. The second-order valence-electron chi connectivity index (χ2n) is 4.26. The molecule has 1 amide bonds. The molecular formula is C12H11N3O2. The monoisotopic (exact) mass is 229 g/mol. The molecule has 0 aromatic carbocycles. The summed E-state index contributed by atoms with van der Waals surface area (Å²) in [5.74, 6) is 0. The van der Waals surface area contributed by atoms with Crippen molar-refractivity contribution >= 4 is 17.1 Å². The topological polar surface area (TPSA) is 75.1 Å². The molecule has 0 atom stereocenters. The Hall–Kier alpha value is -2.17. The zero-order valence-corrected chi connectivity index (χ0v) is 9.05. The number of carbonyl (C=O) groups is 1. The molecule has 0 spiro atoms. The average molecular weight is 229 g/mol. The highest BCUT2D eigenvalue weighted by Crippen LogP contribution is 2.44. The van der Waals surface area contributed by atoms with Crippen LogP contribution in [0.25, 0.3) is 11.0 Å². The van der Waals surface area contributed by atoms with Crippen LogP contribution in [0.3, 0.4) is 0 Å². The normalized spacial score (nSPS) is 16.7. The second kappa shape index (κ2) is 3.41. The summed E-state index contributed by atoms with van der Waals surface area (Å²) in [6.07, 6.45) is 2.27. The van der Waals surface area contributed by atoms with Gasteiger partial charge in [-0.25, -0.2) is 14.8 Å². The molecule has 86 valence electrons. The van der Waals surface area contributed by atoms with E-state index >= 15 is 0 Å². The molecular weight excluding hydrogens is 218 g/mol. The zero-order chi connectivity index (χ0) is 11.9. The van der Waals surface area contributed by atoms with E-state index in [0.29, 0.717) is 5.65 Å². The molecule has 2 heterocycles. The highest BCUT2D eigenvalue weighted by atomic mass is 16.4. The molecule has 0 aliphatic heterocycles. The van der Waals surface area contributed by atoms with Crippen LogP contribution in [0.5, 0.6) is 0 Å². The lowest BCUT2D eigenvalue weighted by Crippen LogP contribution is -2.34. The van der Waals surface area contributed by atoms with E-state index in [2.05, 4.69) is 15.3 Å². The fraction of sp³-hybridized carbons (Fsp3) is 0.250. The molecule has 1 aliphatic rings. The molecule has 0 radical (unpaired) electrons. The number of hydrogen-bond acceptors (Lipinski definition) is 3. The number of aromatic nitrogens is 2. The molecule has 2 aromatic rings. The van der Waals surface area contributed by atoms with E-state index in [-0.39, 0.29) is 0 Å². The quantitative estimate of drug-likeness (QED) is 0.824. The summed E-state index contributed by atoms with van der Waals surface area (Å²) in [7, 11) is 0. The third kappa shape index (κ3) is 1.69. The van der Waals surface area contributed by atoms with Crippen LogP contribution in [-0.2, 0) is 5.54 Å². The Bertz CT molecular complexity index is 593. The van der Waals surface area contributed by atoms with Gasteiger partial charge in [0, 0.05) is 11.6 Å². The van der Waals surface area contributed by atoms with Gasteiger partial charge in [-0.05, 0) is 37.1 Å². The standard InChI is InChI=1S/C12H11N3O2/c16-11(17)15-12(5-6-12)9-4-3-8-2-1-7-13-10(8)14-9/h1-4,7,15H,5-6H2,(H,16,17). The van der Waals surface area contributed by atoms with E-state index in [4.69, 9.17) is 5.11 Å². The third-order valence-electron chi connectivity index (χ3n) is 3.05. The largest absolute Gasteiger partial charge is 0.465 e. The van der Waals surface area contributed by atoms with Crippen LogP contribution in [-0.4, -0.2) is 21.2 Å². The maximum Gasteiger partial charge on any atom is 0.405 e. The van der Waals surface area contributed by atoms with Gasteiger partial charge in [0.25, 0.3) is 0 Å². The molecule has 1 aliphatic carbocycles. The molecule has 1 fully saturated rings. The van der Waals surface area contributed by atoms with Crippen molar-refractivity contribution in [3.8, 4) is 0 Å². The molecule has 3 rings (SSSR count). The van der Waals surface area contributed by atoms with Crippen molar-refractivity contribution in [3.05, 3.63) is 36.2 Å². The van der Waals surface area contributed by atoms with Crippen molar-refractivity contribution in [2.24, 2.45) is 0 Å². The predicted octanol–water partition coefficient (Wildman–Crippen LogP) is 1.89. The lowest BCUT2D eigenvalue weighted by Gasteiger charge is -2.14. The Morgan fingerprint density at radius 3 is 2.88 bits per heavy atom. The van der Waals surface area contributed by atoms with Crippen LogP contribution in [0, 0.1) is 0 Å². The third-order valence-corrected chi connectivity index (χ3v) is 3.05. The minimum Gasteiger partial charge on any atom is -0.465 e. The molecule has 5 nitrogen and oxygen atoms in total. The van der Waals surface area contributed by atoms with Gasteiger partial charge in [0.1, 0.15) is 0 Å². The minimum atomic E-state index is -1.01. The number of nitrogens with one attached hydrogen (secondary N) is 1. The van der Waals surface area contributed by atoms with Crippen LogP contribution in [0.2, 0.25) is 0 Å². The fourth-order valence-electron chi connectivity index (χ4n) is 1.99. The average Bonchev–Trinajstić information content (AvgIpc) is 3.08. The van der Waals surface area contributed by atoms with Crippen LogP contribution in [0.4, 0.5) is 4.79 Å². The van der Waals surface area contributed by atoms with Gasteiger partial charge in [-0.1, -0.05) is 0 Å². The van der Waals surface area contributed by atoms with E-state index in [1.165, 1.54) is 0 Å². The van der Waals surface area contributed by atoms with E-state index in [1.807, 2.05) is 24.3 Å². The number of pyridine rings is 2. The summed E-state index contributed by atoms with van der Waals surface area (Å²) in [4.78, 5) is 19.3. The molecule has 1 saturated carbocycles. The predicted molar refractivity (Wildman–Crippen MR) is 61.6 cm³/mol. The maximum atomic E-state index is 10.7.